The molecule has 0 unspecified atom stereocenters. The van der Waals surface area contributed by atoms with Crippen molar-refractivity contribution < 1.29 is 28.5 Å². The molecule has 3 aromatic carbocycles. The Bertz CT molecular complexity index is 2020. The van der Waals surface area contributed by atoms with Gasteiger partial charge in [-0.1, -0.05) is 0 Å². The Morgan fingerprint density at radius 2 is 1.61 bits per heavy atom. The first-order chi connectivity index (χ1) is 19.9. The normalized spacial score (nSPS) is 12.1. The lowest BCUT2D eigenvalue weighted by atomic mass is 10.1. The standard InChI is InChI=1S/C31H27N3O7/c1-16(30(35)33-22-9-6-17(37-2)15-25(22)39-4)41-18-7-10-23-21(14-18)19-12-13-32-27-20-8-11-24(38-3)29(40-5)26(20)31(36)34(23)28(19)27/h6-16H,1-5H3,(H,33,35)/t16-/m1/s1. The van der Waals surface area contributed by atoms with Crippen LogP contribution in [0.15, 0.2) is 65.6 Å². The molecule has 6 rings (SSSR count). The van der Waals surface area contributed by atoms with Crippen LogP contribution in [0.5, 0.6) is 28.7 Å². The number of aromatic nitrogens is 2. The van der Waals surface area contributed by atoms with Crippen molar-refractivity contribution in [2.75, 3.05) is 33.8 Å². The van der Waals surface area contributed by atoms with Crippen LogP contribution in [0.4, 0.5) is 5.69 Å². The number of amides is 1. The highest BCUT2D eigenvalue weighted by molar-refractivity contribution is 6.19. The van der Waals surface area contributed by atoms with Gasteiger partial charge >= 0.3 is 0 Å². The first-order valence-corrected chi connectivity index (χ1v) is 12.8. The fourth-order valence-electron chi connectivity index (χ4n) is 5.27. The quantitative estimate of drug-likeness (QED) is 0.261. The second-order valence-electron chi connectivity index (χ2n) is 9.41. The van der Waals surface area contributed by atoms with Crippen LogP contribution in [0.1, 0.15) is 6.92 Å². The first-order valence-electron chi connectivity index (χ1n) is 12.8. The zero-order valence-corrected chi connectivity index (χ0v) is 23.1. The molecule has 0 radical (unpaired) electrons. The molecule has 0 aliphatic heterocycles. The zero-order chi connectivity index (χ0) is 28.8. The fourth-order valence-corrected chi connectivity index (χ4v) is 5.27. The van der Waals surface area contributed by atoms with Gasteiger partial charge in [-0.25, -0.2) is 0 Å². The maximum atomic E-state index is 13.9. The van der Waals surface area contributed by atoms with Crippen LogP contribution in [-0.4, -0.2) is 49.8 Å². The largest absolute Gasteiger partial charge is 0.497 e. The van der Waals surface area contributed by atoms with E-state index in [0.29, 0.717) is 61.8 Å². The predicted octanol–water partition coefficient (Wildman–Crippen LogP) is 5.03. The summed E-state index contributed by atoms with van der Waals surface area (Å²) in [5.74, 6) is 2.01. The van der Waals surface area contributed by atoms with Gasteiger partial charge in [0.05, 0.1) is 56.1 Å². The van der Waals surface area contributed by atoms with E-state index in [9.17, 15) is 9.59 Å². The van der Waals surface area contributed by atoms with E-state index >= 15 is 0 Å². The Hall–Kier alpha value is -5.25. The van der Waals surface area contributed by atoms with Gasteiger partial charge in [0, 0.05) is 28.4 Å². The van der Waals surface area contributed by atoms with Crippen LogP contribution in [-0.2, 0) is 4.79 Å². The molecular formula is C31H27N3O7. The van der Waals surface area contributed by atoms with Gasteiger partial charge in [0.15, 0.2) is 17.6 Å². The van der Waals surface area contributed by atoms with Crippen molar-refractivity contribution in [2.45, 2.75) is 13.0 Å². The first kappa shape index (κ1) is 26.0. The number of rotatable bonds is 8. The summed E-state index contributed by atoms with van der Waals surface area (Å²) in [6.07, 6.45) is 0.881. The van der Waals surface area contributed by atoms with Crippen LogP contribution < -0.4 is 34.6 Å². The minimum Gasteiger partial charge on any atom is -0.497 e. The van der Waals surface area contributed by atoms with Crippen molar-refractivity contribution in [3.05, 3.63) is 71.1 Å². The minimum atomic E-state index is -0.830. The summed E-state index contributed by atoms with van der Waals surface area (Å²) in [5.41, 5.74) is 2.30. The highest BCUT2D eigenvalue weighted by Gasteiger charge is 2.23. The van der Waals surface area contributed by atoms with Crippen LogP contribution in [0.25, 0.3) is 38.1 Å². The number of carbonyl (C=O) groups is 1. The molecule has 0 aliphatic rings. The number of methoxy groups -OCH3 is 4. The van der Waals surface area contributed by atoms with Crippen LogP contribution in [0.2, 0.25) is 0 Å². The number of carbonyl (C=O) groups excluding carboxylic acids is 1. The number of fused-ring (bicyclic) bond motifs is 5. The average molecular weight is 554 g/mol. The fraction of sp³-hybridized carbons (Fsp3) is 0.194. The summed E-state index contributed by atoms with van der Waals surface area (Å²) in [4.78, 5) is 31.6. The highest BCUT2D eigenvalue weighted by Crippen LogP contribution is 2.39. The van der Waals surface area contributed by atoms with Gasteiger partial charge in [0.1, 0.15) is 17.2 Å². The van der Waals surface area contributed by atoms with Gasteiger partial charge in [-0.05, 0) is 55.5 Å². The van der Waals surface area contributed by atoms with Gasteiger partial charge in [0.2, 0.25) is 0 Å². The van der Waals surface area contributed by atoms with E-state index in [4.69, 9.17) is 23.7 Å². The van der Waals surface area contributed by atoms with E-state index in [0.717, 1.165) is 10.8 Å². The molecule has 10 heteroatoms. The number of benzene rings is 3. The molecule has 0 aliphatic carbocycles. The second kappa shape index (κ2) is 10.1. The van der Waals surface area contributed by atoms with Gasteiger partial charge in [0.25, 0.3) is 11.5 Å². The molecule has 1 N–H and O–H groups in total. The number of anilines is 1. The van der Waals surface area contributed by atoms with E-state index in [1.807, 2.05) is 18.2 Å². The molecule has 1 atom stereocenters. The van der Waals surface area contributed by atoms with Gasteiger partial charge < -0.3 is 29.0 Å². The summed E-state index contributed by atoms with van der Waals surface area (Å²) in [5, 5.41) is 5.52. The molecule has 3 aromatic heterocycles. The summed E-state index contributed by atoms with van der Waals surface area (Å²) in [6.45, 7) is 1.66. The van der Waals surface area contributed by atoms with Crippen LogP contribution in [0, 0.1) is 0 Å². The Labute approximate surface area is 234 Å². The number of pyridine rings is 2. The van der Waals surface area contributed by atoms with E-state index in [-0.39, 0.29) is 11.5 Å². The third kappa shape index (κ3) is 4.07. The van der Waals surface area contributed by atoms with Crippen molar-refractivity contribution in [3.63, 3.8) is 0 Å². The SMILES string of the molecule is COc1ccc(NC(=O)[C@@H](C)Oc2ccc3c(c2)c2ccnc4c5ccc(OC)c(OC)c5c(=O)n3c24)c(OC)c1. The molecule has 3 heterocycles. The van der Waals surface area contributed by atoms with Crippen molar-refractivity contribution in [1.82, 2.24) is 9.38 Å². The molecule has 41 heavy (non-hydrogen) atoms. The van der Waals surface area contributed by atoms with E-state index in [1.165, 1.54) is 21.3 Å². The van der Waals surface area contributed by atoms with Crippen LogP contribution in [0.3, 0.4) is 0 Å². The van der Waals surface area contributed by atoms with E-state index in [2.05, 4.69) is 10.3 Å². The molecule has 1 amide bonds. The number of hydrogen-bond donors (Lipinski definition) is 1. The minimum absolute atomic E-state index is 0.244. The molecule has 0 saturated heterocycles. The zero-order valence-electron chi connectivity index (χ0n) is 23.1. The third-order valence-corrected chi connectivity index (χ3v) is 7.21. The lowest BCUT2D eigenvalue weighted by molar-refractivity contribution is -0.122. The summed E-state index contributed by atoms with van der Waals surface area (Å²) in [7, 11) is 6.11. The highest BCUT2D eigenvalue weighted by atomic mass is 16.5. The van der Waals surface area contributed by atoms with Crippen LogP contribution >= 0.6 is 0 Å². The molecule has 10 nitrogen and oxygen atoms in total. The molecule has 0 spiro atoms. The Morgan fingerprint density at radius 3 is 2.34 bits per heavy atom. The average Bonchev–Trinajstić information content (AvgIpc) is 3.33. The molecule has 0 bridgehead atoms. The van der Waals surface area contributed by atoms with Gasteiger partial charge in [-0.3, -0.25) is 19.0 Å². The second-order valence-corrected chi connectivity index (χ2v) is 9.41. The third-order valence-electron chi connectivity index (χ3n) is 7.21. The van der Waals surface area contributed by atoms with Gasteiger partial charge in [-0.15, -0.1) is 0 Å². The number of ether oxygens (including phenoxy) is 5. The summed E-state index contributed by atoms with van der Waals surface area (Å²) >= 11 is 0. The Morgan fingerprint density at radius 1 is 0.829 bits per heavy atom. The van der Waals surface area contributed by atoms with Crippen molar-refractivity contribution >= 4 is 49.7 Å². The number of nitrogens with zero attached hydrogens (tertiary/aromatic N) is 2. The van der Waals surface area contributed by atoms with Crippen molar-refractivity contribution in [2.24, 2.45) is 0 Å². The lowest BCUT2D eigenvalue weighted by Gasteiger charge is -2.16. The maximum absolute atomic E-state index is 13.9. The van der Waals surface area contributed by atoms with E-state index < -0.39 is 6.10 Å². The van der Waals surface area contributed by atoms with Crippen molar-refractivity contribution in [1.29, 1.82) is 0 Å². The Balaban J connectivity index is 1.41. The van der Waals surface area contributed by atoms with Crippen molar-refractivity contribution in [3.8, 4) is 28.7 Å². The summed E-state index contributed by atoms with van der Waals surface area (Å²) < 4.78 is 29.3. The Kier molecular flexibility index (Phi) is 6.37. The topological polar surface area (TPSA) is 110 Å². The molecule has 208 valence electrons. The molecular weight excluding hydrogens is 526 g/mol. The smallest absolute Gasteiger partial charge is 0.267 e. The molecule has 6 aromatic rings. The van der Waals surface area contributed by atoms with E-state index in [1.54, 1.807) is 61.0 Å². The summed E-state index contributed by atoms with van der Waals surface area (Å²) in [6, 6.07) is 16.0. The lowest BCUT2D eigenvalue weighted by Crippen LogP contribution is -2.30. The molecule has 0 fully saturated rings. The van der Waals surface area contributed by atoms with Gasteiger partial charge in [-0.2, -0.15) is 0 Å². The monoisotopic (exact) mass is 553 g/mol. The number of hydrogen-bond acceptors (Lipinski definition) is 8. The molecule has 0 saturated carbocycles. The number of nitrogens with one attached hydrogen (secondary N) is 1. The predicted molar refractivity (Wildman–Crippen MR) is 157 cm³/mol. The maximum Gasteiger partial charge on any atom is 0.267 e.